The van der Waals surface area contributed by atoms with Crippen molar-refractivity contribution in [2.45, 2.75) is 4.90 Å². The number of nitrogens with two attached hydrogens (primary N) is 1. The number of rotatable bonds is 6. The third kappa shape index (κ3) is 5.45. The normalized spacial score (nSPS) is 10.8. The van der Waals surface area contributed by atoms with E-state index in [0.717, 1.165) is 0 Å². The van der Waals surface area contributed by atoms with Crippen molar-refractivity contribution in [3.63, 3.8) is 0 Å². The van der Waals surface area contributed by atoms with Gasteiger partial charge in [0.2, 0.25) is 15.9 Å². The van der Waals surface area contributed by atoms with Gasteiger partial charge in [0.1, 0.15) is 0 Å². The van der Waals surface area contributed by atoms with E-state index < -0.39 is 15.9 Å². The molecule has 0 saturated heterocycles. The van der Waals surface area contributed by atoms with Crippen LogP contribution in [0.2, 0.25) is 0 Å². The molecule has 6 nitrogen and oxygen atoms in total. The van der Waals surface area contributed by atoms with Crippen molar-refractivity contribution in [2.24, 2.45) is 5.73 Å². The molecule has 0 unspecified atom stereocenters. The summed E-state index contributed by atoms with van der Waals surface area (Å²) in [4.78, 5) is 11.1. The molecule has 108 valence electrons. The van der Waals surface area contributed by atoms with Gasteiger partial charge in [0, 0.05) is 23.1 Å². The highest BCUT2D eigenvalue weighted by Crippen LogP contribution is 2.19. The molecular formula is C10H15BrClN3O3S. The molecule has 0 aliphatic rings. The summed E-state index contributed by atoms with van der Waals surface area (Å²) in [7, 11) is -1.92. The maximum absolute atomic E-state index is 11.9. The van der Waals surface area contributed by atoms with Crippen LogP contribution in [-0.2, 0) is 10.0 Å². The molecule has 4 N–H and O–H groups in total. The predicted molar refractivity (Wildman–Crippen MR) is 79.0 cm³/mol. The molecule has 0 heterocycles. The van der Waals surface area contributed by atoms with Crippen LogP contribution in [0.5, 0.6) is 0 Å². The number of sulfonamides is 1. The van der Waals surface area contributed by atoms with Gasteiger partial charge < -0.3 is 11.1 Å². The van der Waals surface area contributed by atoms with Crippen LogP contribution in [0.15, 0.2) is 27.6 Å². The third-order valence-electron chi connectivity index (χ3n) is 2.13. The van der Waals surface area contributed by atoms with E-state index in [2.05, 4.69) is 26.0 Å². The minimum absolute atomic E-state index is 0. The zero-order valence-electron chi connectivity index (χ0n) is 10.1. The number of likely N-dealkylation sites (N-methyl/N-ethyl adjacent to an activating group) is 1. The molecule has 0 spiro atoms. The quantitative estimate of drug-likeness (QED) is 0.632. The molecule has 19 heavy (non-hydrogen) atoms. The Morgan fingerprint density at radius 1 is 1.32 bits per heavy atom. The largest absolute Gasteiger partial charge is 0.366 e. The van der Waals surface area contributed by atoms with E-state index in [1.165, 1.54) is 18.2 Å². The summed E-state index contributed by atoms with van der Waals surface area (Å²) in [5, 5.41) is 2.82. The molecule has 0 saturated carbocycles. The summed E-state index contributed by atoms with van der Waals surface area (Å²) < 4.78 is 26.7. The molecule has 0 aliphatic carbocycles. The van der Waals surface area contributed by atoms with Crippen LogP contribution in [0, 0.1) is 0 Å². The second kappa shape index (κ2) is 7.81. The second-order valence-corrected chi connectivity index (χ2v) is 6.22. The van der Waals surface area contributed by atoms with Crippen LogP contribution in [0.3, 0.4) is 0 Å². The summed E-state index contributed by atoms with van der Waals surface area (Å²) in [6.07, 6.45) is 0. The zero-order chi connectivity index (χ0) is 13.8. The van der Waals surface area contributed by atoms with Crippen molar-refractivity contribution in [3.8, 4) is 0 Å². The lowest BCUT2D eigenvalue weighted by molar-refractivity contribution is 0.1000. The van der Waals surface area contributed by atoms with E-state index in [4.69, 9.17) is 5.73 Å². The molecule has 9 heteroatoms. The molecule has 0 aliphatic heterocycles. The van der Waals surface area contributed by atoms with Gasteiger partial charge in [-0.1, -0.05) is 15.9 Å². The van der Waals surface area contributed by atoms with E-state index in [1.807, 2.05) is 0 Å². The fourth-order valence-electron chi connectivity index (χ4n) is 1.25. The number of amides is 1. The average molecular weight is 373 g/mol. The van der Waals surface area contributed by atoms with Crippen molar-refractivity contribution in [1.29, 1.82) is 0 Å². The molecule has 0 atom stereocenters. The van der Waals surface area contributed by atoms with Gasteiger partial charge >= 0.3 is 0 Å². The van der Waals surface area contributed by atoms with Gasteiger partial charge in [-0.2, -0.15) is 0 Å². The summed E-state index contributed by atoms with van der Waals surface area (Å²) in [6.45, 7) is 0.771. The van der Waals surface area contributed by atoms with Crippen LogP contribution in [-0.4, -0.2) is 34.5 Å². The van der Waals surface area contributed by atoms with E-state index in [1.54, 1.807) is 7.05 Å². The summed E-state index contributed by atoms with van der Waals surface area (Å²) in [6, 6.07) is 4.12. The Balaban J connectivity index is 0.00000324. The minimum atomic E-state index is -3.64. The number of hydrogen-bond acceptors (Lipinski definition) is 4. The number of carbonyl (C=O) groups is 1. The highest BCUT2D eigenvalue weighted by atomic mass is 79.9. The van der Waals surface area contributed by atoms with Gasteiger partial charge in [-0.3, -0.25) is 4.79 Å². The van der Waals surface area contributed by atoms with E-state index in [9.17, 15) is 13.2 Å². The lowest BCUT2D eigenvalue weighted by Crippen LogP contribution is -2.30. The lowest BCUT2D eigenvalue weighted by Gasteiger charge is -2.08. The first-order chi connectivity index (χ1) is 8.36. The Hall–Kier alpha value is -0.670. The molecule has 0 fully saturated rings. The Morgan fingerprint density at radius 3 is 2.47 bits per heavy atom. The minimum Gasteiger partial charge on any atom is -0.366 e. The summed E-state index contributed by atoms with van der Waals surface area (Å²) in [5.74, 6) is -0.678. The van der Waals surface area contributed by atoms with Crippen LogP contribution < -0.4 is 15.8 Å². The van der Waals surface area contributed by atoms with Crippen molar-refractivity contribution in [2.75, 3.05) is 20.1 Å². The molecule has 1 amide bonds. The number of nitrogens with one attached hydrogen (secondary N) is 2. The number of primary amides is 1. The van der Waals surface area contributed by atoms with E-state index in [-0.39, 0.29) is 29.4 Å². The smallest absolute Gasteiger partial charge is 0.248 e. The molecule has 0 radical (unpaired) electrons. The van der Waals surface area contributed by atoms with E-state index >= 15 is 0 Å². The maximum atomic E-state index is 11.9. The summed E-state index contributed by atoms with van der Waals surface area (Å²) in [5.41, 5.74) is 5.27. The van der Waals surface area contributed by atoms with Crippen LogP contribution in [0.4, 0.5) is 0 Å². The van der Waals surface area contributed by atoms with Crippen molar-refractivity contribution < 1.29 is 13.2 Å². The third-order valence-corrected chi connectivity index (χ3v) is 4.03. The fourth-order valence-corrected chi connectivity index (χ4v) is 3.00. The van der Waals surface area contributed by atoms with Gasteiger partial charge in [0.05, 0.1) is 4.90 Å². The predicted octanol–water partition coefficient (Wildman–Crippen LogP) is 0.467. The molecule has 1 aromatic rings. The molecular weight excluding hydrogens is 358 g/mol. The highest BCUT2D eigenvalue weighted by molar-refractivity contribution is 9.10. The summed E-state index contributed by atoms with van der Waals surface area (Å²) >= 11 is 3.14. The van der Waals surface area contributed by atoms with Gasteiger partial charge in [0.15, 0.2) is 0 Å². The van der Waals surface area contributed by atoms with Crippen LogP contribution >= 0.6 is 28.3 Å². The van der Waals surface area contributed by atoms with Crippen LogP contribution in [0.1, 0.15) is 10.4 Å². The molecule has 0 bridgehead atoms. The first-order valence-electron chi connectivity index (χ1n) is 5.11. The molecule has 1 rings (SSSR count). The highest BCUT2D eigenvalue weighted by Gasteiger charge is 2.16. The van der Waals surface area contributed by atoms with Crippen molar-refractivity contribution in [1.82, 2.24) is 10.0 Å². The topological polar surface area (TPSA) is 101 Å². The Labute approximate surface area is 126 Å². The zero-order valence-corrected chi connectivity index (χ0v) is 13.4. The number of halogens is 2. The van der Waals surface area contributed by atoms with Crippen LogP contribution in [0.25, 0.3) is 0 Å². The average Bonchev–Trinajstić information content (AvgIpc) is 2.28. The molecule has 0 aromatic heterocycles. The van der Waals surface area contributed by atoms with Gasteiger partial charge in [0.25, 0.3) is 0 Å². The van der Waals surface area contributed by atoms with Gasteiger partial charge in [-0.05, 0) is 25.2 Å². The Bertz CT molecular complexity index is 551. The fraction of sp³-hybridized carbons (Fsp3) is 0.300. The monoisotopic (exact) mass is 371 g/mol. The second-order valence-electron chi connectivity index (χ2n) is 3.54. The standard InChI is InChI=1S/C10H14BrN3O3S.ClH/c1-13-2-3-14-18(16,17)9-5-7(10(12)15)4-8(11)6-9;/h4-6,13-14H,2-3H2,1H3,(H2,12,15);1H. The Morgan fingerprint density at radius 2 is 1.95 bits per heavy atom. The number of benzene rings is 1. The van der Waals surface area contributed by atoms with Crippen molar-refractivity contribution in [3.05, 3.63) is 28.2 Å². The number of hydrogen-bond donors (Lipinski definition) is 3. The first kappa shape index (κ1) is 18.3. The molecule has 1 aromatic carbocycles. The SMILES string of the molecule is CNCCNS(=O)(=O)c1cc(Br)cc(C(N)=O)c1.Cl. The van der Waals surface area contributed by atoms with Gasteiger partial charge in [-0.25, -0.2) is 13.1 Å². The Kier molecular flexibility index (Phi) is 7.53. The van der Waals surface area contributed by atoms with E-state index in [0.29, 0.717) is 11.0 Å². The lowest BCUT2D eigenvalue weighted by atomic mass is 10.2. The van der Waals surface area contributed by atoms with Gasteiger partial charge in [-0.15, -0.1) is 12.4 Å². The maximum Gasteiger partial charge on any atom is 0.248 e. The first-order valence-corrected chi connectivity index (χ1v) is 7.39. The number of carbonyl (C=O) groups excluding carboxylic acids is 1. The van der Waals surface area contributed by atoms with Crippen molar-refractivity contribution >= 4 is 44.3 Å².